The zero-order valence-corrected chi connectivity index (χ0v) is 14.2. The molecule has 0 amide bonds. The molecule has 2 aromatic rings. The maximum Gasteiger partial charge on any atom is 0.246 e. The van der Waals surface area contributed by atoms with Crippen LogP contribution in [0.15, 0.2) is 39.9 Å². The standard InChI is InChI=1S/C16H15FN2O3S2/c17-15-5-11(6-18)1-2-16(15)24(21,22)19-7-13(9-20)14(8-19)12-3-4-23-10-12/h1-5,10,13-14,20H,7-9H2/t13-,14+/m0/s1. The molecule has 0 unspecified atom stereocenters. The molecule has 24 heavy (non-hydrogen) atoms. The van der Waals surface area contributed by atoms with E-state index in [9.17, 15) is 17.9 Å². The summed E-state index contributed by atoms with van der Waals surface area (Å²) in [6, 6.07) is 7.01. The van der Waals surface area contributed by atoms with Crippen molar-refractivity contribution >= 4 is 21.4 Å². The smallest absolute Gasteiger partial charge is 0.246 e. The number of aliphatic hydroxyl groups excluding tert-OH is 1. The summed E-state index contributed by atoms with van der Waals surface area (Å²) in [7, 11) is -4.02. The average molecular weight is 366 g/mol. The Kier molecular flexibility index (Phi) is 4.69. The van der Waals surface area contributed by atoms with E-state index in [-0.39, 0.29) is 37.1 Å². The molecule has 0 spiro atoms. The van der Waals surface area contributed by atoms with E-state index in [4.69, 9.17) is 5.26 Å². The highest BCUT2D eigenvalue weighted by Crippen LogP contribution is 2.36. The van der Waals surface area contributed by atoms with Crippen molar-refractivity contribution in [3.63, 3.8) is 0 Å². The summed E-state index contributed by atoms with van der Waals surface area (Å²) in [5.74, 6) is -1.28. The van der Waals surface area contributed by atoms with E-state index in [1.165, 1.54) is 21.7 Å². The summed E-state index contributed by atoms with van der Waals surface area (Å²) in [4.78, 5) is -0.441. The number of halogens is 1. The van der Waals surface area contributed by atoms with Crippen molar-refractivity contribution in [2.45, 2.75) is 10.8 Å². The van der Waals surface area contributed by atoms with Crippen LogP contribution in [0.4, 0.5) is 4.39 Å². The van der Waals surface area contributed by atoms with Gasteiger partial charge in [-0.2, -0.15) is 20.9 Å². The normalized spacial score (nSPS) is 21.7. The van der Waals surface area contributed by atoms with Crippen molar-refractivity contribution < 1.29 is 17.9 Å². The summed E-state index contributed by atoms with van der Waals surface area (Å²) < 4.78 is 40.9. The largest absolute Gasteiger partial charge is 0.396 e. The van der Waals surface area contributed by atoms with Gasteiger partial charge in [-0.15, -0.1) is 0 Å². The fourth-order valence-electron chi connectivity index (χ4n) is 3.00. The third-order valence-electron chi connectivity index (χ3n) is 4.29. The number of nitriles is 1. The zero-order valence-electron chi connectivity index (χ0n) is 12.6. The molecular weight excluding hydrogens is 351 g/mol. The summed E-state index contributed by atoms with van der Waals surface area (Å²) in [5.41, 5.74) is 1.05. The van der Waals surface area contributed by atoms with E-state index in [1.54, 1.807) is 6.07 Å². The predicted molar refractivity (Wildman–Crippen MR) is 87.5 cm³/mol. The Morgan fingerprint density at radius 3 is 2.75 bits per heavy atom. The van der Waals surface area contributed by atoms with E-state index in [0.29, 0.717) is 0 Å². The van der Waals surface area contributed by atoms with E-state index >= 15 is 0 Å². The molecule has 0 aliphatic carbocycles. The number of thiophene rings is 1. The van der Waals surface area contributed by atoms with E-state index < -0.39 is 20.7 Å². The molecule has 1 fully saturated rings. The lowest BCUT2D eigenvalue weighted by Gasteiger charge is -2.17. The fourth-order valence-corrected chi connectivity index (χ4v) is 5.29. The number of hydrogen-bond acceptors (Lipinski definition) is 5. The van der Waals surface area contributed by atoms with Crippen molar-refractivity contribution in [2.24, 2.45) is 5.92 Å². The minimum atomic E-state index is -4.02. The predicted octanol–water partition coefficient (Wildman–Crippen LogP) is 2.16. The van der Waals surface area contributed by atoms with Crippen LogP contribution in [-0.2, 0) is 10.0 Å². The third kappa shape index (κ3) is 2.96. The van der Waals surface area contributed by atoms with Gasteiger partial charge in [-0.1, -0.05) is 0 Å². The second-order valence-electron chi connectivity index (χ2n) is 5.68. The molecule has 8 heteroatoms. The van der Waals surface area contributed by atoms with Crippen molar-refractivity contribution in [2.75, 3.05) is 19.7 Å². The molecule has 1 saturated heterocycles. The summed E-state index contributed by atoms with van der Waals surface area (Å²) in [6.45, 7) is 0.199. The summed E-state index contributed by atoms with van der Waals surface area (Å²) in [5, 5.41) is 22.2. The molecule has 126 valence electrons. The van der Waals surface area contributed by atoms with Gasteiger partial charge in [0.05, 0.1) is 11.6 Å². The Bertz CT molecular complexity index is 875. The number of benzene rings is 1. The molecule has 1 aliphatic rings. The highest BCUT2D eigenvalue weighted by molar-refractivity contribution is 7.89. The minimum Gasteiger partial charge on any atom is -0.396 e. The van der Waals surface area contributed by atoms with Gasteiger partial charge in [-0.05, 0) is 40.6 Å². The number of aliphatic hydroxyl groups is 1. The van der Waals surface area contributed by atoms with Crippen LogP contribution in [-0.4, -0.2) is 37.5 Å². The van der Waals surface area contributed by atoms with E-state index in [2.05, 4.69) is 0 Å². The van der Waals surface area contributed by atoms with Gasteiger partial charge in [0.1, 0.15) is 10.7 Å². The Morgan fingerprint density at radius 1 is 1.38 bits per heavy atom. The van der Waals surface area contributed by atoms with E-state index in [0.717, 1.165) is 17.7 Å². The van der Waals surface area contributed by atoms with Gasteiger partial charge in [-0.25, -0.2) is 12.8 Å². The van der Waals surface area contributed by atoms with Gasteiger partial charge >= 0.3 is 0 Å². The molecule has 5 nitrogen and oxygen atoms in total. The summed E-state index contributed by atoms with van der Waals surface area (Å²) >= 11 is 1.51. The highest BCUT2D eigenvalue weighted by atomic mass is 32.2. The lowest BCUT2D eigenvalue weighted by Crippen LogP contribution is -2.30. The highest BCUT2D eigenvalue weighted by Gasteiger charge is 2.40. The number of hydrogen-bond donors (Lipinski definition) is 1. The first-order valence-electron chi connectivity index (χ1n) is 7.30. The van der Waals surface area contributed by atoms with Crippen LogP contribution < -0.4 is 0 Å². The molecule has 0 saturated carbocycles. The lowest BCUT2D eigenvalue weighted by molar-refractivity contribution is 0.223. The first kappa shape index (κ1) is 17.0. The molecule has 1 aromatic heterocycles. The quantitative estimate of drug-likeness (QED) is 0.899. The maximum atomic E-state index is 14.1. The van der Waals surface area contributed by atoms with Crippen LogP contribution in [0.1, 0.15) is 17.0 Å². The minimum absolute atomic E-state index is 0.0669. The van der Waals surface area contributed by atoms with Crippen LogP contribution in [0.25, 0.3) is 0 Å². The Morgan fingerprint density at radius 2 is 2.17 bits per heavy atom. The van der Waals surface area contributed by atoms with E-state index in [1.807, 2.05) is 16.8 Å². The van der Waals surface area contributed by atoms with Crippen LogP contribution in [0.3, 0.4) is 0 Å². The lowest BCUT2D eigenvalue weighted by atomic mass is 9.92. The SMILES string of the molecule is N#Cc1ccc(S(=O)(=O)N2C[C@@H](CO)[C@@H](c3ccsc3)C2)c(F)c1. The van der Waals surface area contributed by atoms with Crippen molar-refractivity contribution in [3.8, 4) is 6.07 Å². The molecule has 0 radical (unpaired) electrons. The molecule has 3 rings (SSSR count). The third-order valence-corrected chi connectivity index (χ3v) is 6.86. The molecule has 0 bridgehead atoms. The Hall–Kier alpha value is -1.79. The van der Waals surface area contributed by atoms with Gasteiger partial charge in [0.15, 0.2) is 0 Å². The van der Waals surface area contributed by atoms with Gasteiger partial charge in [0.25, 0.3) is 0 Å². The van der Waals surface area contributed by atoms with Gasteiger partial charge in [0.2, 0.25) is 10.0 Å². The van der Waals surface area contributed by atoms with Crippen molar-refractivity contribution in [1.29, 1.82) is 5.26 Å². The maximum absolute atomic E-state index is 14.1. The molecule has 1 N–H and O–H groups in total. The monoisotopic (exact) mass is 366 g/mol. The second kappa shape index (κ2) is 6.61. The topological polar surface area (TPSA) is 81.4 Å². The molecule has 2 heterocycles. The second-order valence-corrected chi connectivity index (χ2v) is 8.37. The van der Waals surface area contributed by atoms with Gasteiger partial charge < -0.3 is 5.11 Å². The first-order chi connectivity index (χ1) is 11.5. The van der Waals surface area contributed by atoms with Crippen molar-refractivity contribution in [3.05, 3.63) is 52.0 Å². The molecule has 1 aliphatic heterocycles. The zero-order chi connectivity index (χ0) is 17.3. The Labute approximate surface area is 143 Å². The Balaban J connectivity index is 1.92. The number of rotatable bonds is 4. The van der Waals surface area contributed by atoms with Crippen LogP contribution in [0, 0.1) is 23.1 Å². The van der Waals surface area contributed by atoms with Crippen LogP contribution >= 0.6 is 11.3 Å². The molecule has 1 aromatic carbocycles. The average Bonchev–Trinajstić information content (AvgIpc) is 3.23. The number of nitrogens with zero attached hydrogens (tertiary/aromatic N) is 2. The fraction of sp³-hybridized carbons (Fsp3) is 0.312. The summed E-state index contributed by atoms with van der Waals surface area (Å²) in [6.07, 6.45) is 0. The van der Waals surface area contributed by atoms with Gasteiger partial charge in [-0.3, -0.25) is 0 Å². The number of sulfonamides is 1. The molecular formula is C16H15FN2O3S2. The first-order valence-corrected chi connectivity index (χ1v) is 9.68. The van der Waals surface area contributed by atoms with Gasteiger partial charge in [0, 0.05) is 31.5 Å². The molecule has 2 atom stereocenters. The van der Waals surface area contributed by atoms with Crippen LogP contribution in [0.2, 0.25) is 0 Å². The van der Waals surface area contributed by atoms with Crippen molar-refractivity contribution in [1.82, 2.24) is 4.31 Å². The van der Waals surface area contributed by atoms with Crippen LogP contribution in [0.5, 0.6) is 0 Å².